The highest BCUT2D eigenvalue weighted by Gasteiger charge is 2.19. The third kappa shape index (κ3) is 5.26. The van der Waals surface area contributed by atoms with E-state index in [0.717, 1.165) is 25.7 Å². The van der Waals surface area contributed by atoms with Crippen LogP contribution in [0.4, 0.5) is 14.5 Å². The minimum absolute atomic E-state index is 0. The lowest BCUT2D eigenvalue weighted by molar-refractivity contribution is 0.101. The molecule has 3 N–H and O–H groups in total. The molecule has 0 spiro atoms. The highest BCUT2D eigenvalue weighted by molar-refractivity contribution is 6.03. The van der Waals surface area contributed by atoms with Crippen LogP contribution in [0.2, 0.25) is 0 Å². The number of rotatable bonds is 6. The quantitative estimate of drug-likeness (QED) is 0.781. The summed E-state index contributed by atoms with van der Waals surface area (Å²) in [5.41, 5.74) is 9.89. The maximum atomic E-state index is 12.7. The molecule has 8 heteroatoms. The third-order valence-corrected chi connectivity index (χ3v) is 4.64. The molecule has 5 nitrogen and oxygen atoms in total. The number of amides is 1. The summed E-state index contributed by atoms with van der Waals surface area (Å²) in [6.45, 7) is 1.46. The second-order valence-electron chi connectivity index (χ2n) is 6.78. The molecular weight excluding hydrogens is 374 g/mol. The molecule has 1 aliphatic carbocycles. The molecule has 3 rings (SSSR count). The van der Waals surface area contributed by atoms with Gasteiger partial charge in [0.1, 0.15) is 6.54 Å². The summed E-state index contributed by atoms with van der Waals surface area (Å²) in [6.07, 6.45) is 1.57. The Morgan fingerprint density at radius 1 is 1.37 bits per heavy atom. The molecule has 27 heavy (non-hydrogen) atoms. The van der Waals surface area contributed by atoms with E-state index in [2.05, 4.69) is 10.4 Å². The number of alkyl halides is 2. The van der Waals surface area contributed by atoms with Crippen LogP contribution in [0.15, 0.2) is 24.3 Å². The molecular formula is C19H25ClF2N4O. The van der Waals surface area contributed by atoms with Crippen LogP contribution >= 0.6 is 12.4 Å². The Labute approximate surface area is 163 Å². The number of nitrogens with two attached hydrogens (primary N) is 1. The van der Waals surface area contributed by atoms with E-state index in [4.69, 9.17) is 5.73 Å². The number of carbonyl (C=O) groups excluding carboxylic acids is 1. The smallest absolute Gasteiger partial charge is 0.276 e. The molecule has 0 saturated carbocycles. The highest BCUT2D eigenvalue weighted by Crippen LogP contribution is 2.24. The summed E-state index contributed by atoms with van der Waals surface area (Å²) >= 11 is 0. The Hall–Kier alpha value is -1.99. The Kier molecular flexibility index (Phi) is 7.33. The topological polar surface area (TPSA) is 72.9 Å². The van der Waals surface area contributed by atoms with Crippen molar-refractivity contribution in [2.24, 2.45) is 5.73 Å². The van der Waals surface area contributed by atoms with Crippen molar-refractivity contribution in [1.82, 2.24) is 9.78 Å². The van der Waals surface area contributed by atoms with Crippen molar-refractivity contribution < 1.29 is 13.6 Å². The molecule has 1 unspecified atom stereocenters. The zero-order valence-electron chi connectivity index (χ0n) is 15.3. The first-order valence-corrected chi connectivity index (χ1v) is 9.00. The van der Waals surface area contributed by atoms with Crippen LogP contribution in [0.1, 0.15) is 47.1 Å². The van der Waals surface area contributed by atoms with E-state index in [1.54, 1.807) is 6.07 Å². The largest absolute Gasteiger partial charge is 0.327 e. The van der Waals surface area contributed by atoms with Crippen molar-refractivity contribution in [3.63, 3.8) is 0 Å². The Balaban J connectivity index is 0.00000261. The van der Waals surface area contributed by atoms with Gasteiger partial charge in [-0.25, -0.2) is 8.78 Å². The summed E-state index contributed by atoms with van der Waals surface area (Å²) in [7, 11) is 0. The van der Waals surface area contributed by atoms with E-state index in [-0.39, 0.29) is 30.0 Å². The van der Waals surface area contributed by atoms with Crippen molar-refractivity contribution in [1.29, 1.82) is 0 Å². The average Bonchev–Trinajstić information content (AvgIpc) is 2.97. The minimum Gasteiger partial charge on any atom is -0.327 e. The molecule has 1 aromatic carbocycles. The number of hydrogen-bond donors (Lipinski definition) is 2. The van der Waals surface area contributed by atoms with Gasteiger partial charge in [0.25, 0.3) is 12.3 Å². The maximum absolute atomic E-state index is 12.7. The molecule has 0 saturated heterocycles. The lowest BCUT2D eigenvalue weighted by atomic mass is 9.88. The fourth-order valence-electron chi connectivity index (χ4n) is 3.37. The third-order valence-electron chi connectivity index (χ3n) is 4.64. The molecule has 1 amide bonds. The Morgan fingerprint density at radius 2 is 2.15 bits per heavy atom. The van der Waals surface area contributed by atoms with Crippen LogP contribution in [0.25, 0.3) is 0 Å². The summed E-state index contributed by atoms with van der Waals surface area (Å²) < 4.78 is 26.7. The number of anilines is 1. The van der Waals surface area contributed by atoms with Crippen LogP contribution < -0.4 is 11.1 Å². The van der Waals surface area contributed by atoms with Gasteiger partial charge in [-0.2, -0.15) is 5.10 Å². The van der Waals surface area contributed by atoms with Gasteiger partial charge in [-0.15, -0.1) is 12.4 Å². The maximum Gasteiger partial charge on any atom is 0.276 e. The molecule has 148 valence electrons. The van der Waals surface area contributed by atoms with Gasteiger partial charge in [0, 0.05) is 17.4 Å². The normalized spacial score (nSPS) is 16.0. The summed E-state index contributed by atoms with van der Waals surface area (Å²) in [6, 6.07) is 7.58. The van der Waals surface area contributed by atoms with E-state index in [9.17, 15) is 13.6 Å². The van der Waals surface area contributed by atoms with Crippen LogP contribution in [-0.4, -0.2) is 28.2 Å². The fourth-order valence-corrected chi connectivity index (χ4v) is 3.37. The van der Waals surface area contributed by atoms with Gasteiger partial charge in [0.05, 0.1) is 0 Å². The van der Waals surface area contributed by atoms with Crippen molar-refractivity contribution in [3.8, 4) is 0 Å². The molecule has 1 heterocycles. The van der Waals surface area contributed by atoms with Crippen molar-refractivity contribution >= 4 is 24.0 Å². The molecule has 1 aliphatic rings. The van der Waals surface area contributed by atoms with Gasteiger partial charge in [-0.05, 0) is 55.0 Å². The number of aromatic nitrogens is 2. The molecule has 2 aromatic rings. The summed E-state index contributed by atoms with van der Waals surface area (Å²) in [5.74, 6) is -0.386. The van der Waals surface area contributed by atoms with Crippen LogP contribution in [0.3, 0.4) is 0 Å². The lowest BCUT2D eigenvalue weighted by Crippen LogP contribution is -2.27. The zero-order chi connectivity index (χ0) is 18.7. The number of fused-ring (bicyclic) bond motifs is 1. The molecule has 1 atom stereocenters. The van der Waals surface area contributed by atoms with Gasteiger partial charge in [0.15, 0.2) is 5.69 Å². The second kappa shape index (κ2) is 9.28. The number of benzene rings is 1. The summed E-state index contributed by atoms with van der Waals surface area (Å²) in [5, 5.41) is 6.89. The molecule has 1 aromatic heterocycles. The van der Waals surface area contributed by atoms with E-state index < -0.39 is 13.0 Å². The van der Waals surface area contributed by atoms with Crippen molar-refractivity contribution in [3.05, 3.63) is 46.8 Å². The number of nitrogens with zero attached hydrogens (tertiary/aromatic N) is 2. The summed E-state index contributed by atoms with van der Waals surface area (Å²) in [4.78, 5) is 12.5. The van der Waals surface area contributed by atoms with Crippen molar-refractivity contribution in [2.45, 2.75) is 58.0 Å². The number of aryl methyl sites for hydroxylation is 2. The van der Waals surface area contributed by atoms with Gasteiger partial charge < -0.3 is 11.1 Å². The minimum atomic E-state index is -2.51. The van der Waals surface area contributed by atoms with E-state index in [0.29, 0.717) is 17.8 Å². The lowest BCUT2D eigenvalue weighted by Gasteiger charge is -2.22. The Morgan fingerprint density at radius 3 is 2.85 bits per heavy atom. The predicted octanol–water partition coefficient (Wildman–Crippen LogP) is 3.59. The van der Waals surface area contributed by atoms with Crippen molar-refractivity contribution in [2.75, 3.05) is 5.32 Å². The van der Waals surface area contributed by atoms with Crippen LogP contribution in [-0.2, 0) is 25.8 Å². The van der Waals surface area contributed by atoms with E-state index in [1.807, 2.05) is 25.1 Å². The number of hydrogen-bond acceptors (Lipinski definition) is 3. The second-order valence-corrected chi connectivity index (χ2v) is 6.78. The van der Waals surface area contributed by atoms with E-state index >= 15 is 0 Å². The number of carbonyl (C=O) groups is 1. The van der Waals surface area contributed by atoms with Gasteiger partial charge in [0.2, 0.25) is 0 Å². The molecule has 0 aliphatic heterocycles. The standard InChI is InChI=1S/C19H24F2N4O.ClH/c1-2-3-16-10-17(24-25(16)11-18(20)21)19(26)23-15-7-5-12-8-14(22)6-4-13(12)9-15;/h5,7,9-10,14,18H,2-4,6,8,11,22H2,1H3,(H,23,26);1H. The highest BCUT2D eigenvalue weighted by atomic mass is 35.5. The first-order chi connectivity index (χ1) is 12.5. The number of halogens is 3. The first kappa shape index (κ1) is 21.3. The fraction of sp³-hybridized carbons (Fsp3) is 0.474. The molecule has 0 radical (unpaired) electrons. The predicted molar refractivity (Wildman–Crippen MR) is 104 cm³/mol. The van der Waals surface area contributed by atoms with Gasteiger partial charge in [-0.1, -0.05) is 19.4 Å². The molecule has 0 fully saturated rings. The van der Waals surface area contributed by atoms with Crippen LogP contribution in [0.5, 0.6) is 0 Å². The van der Waals surface area contributed by atoms with Crippen LogP contribution in [0, 0.1) is 0 Å². The molecule has 0 bridgehead atoms. The van der Waals surface area contributed by atoms with Gasteiger partial charge >= 0.3 is 0 Å². The van der Waals surface area contributed by atoms with E-state index in [1.165, 1.54) is 15.8 Å². The SMILES string of the molecule is CCCc1cc(C(=O)Nc2ccc3c(c2)CCC(N)C3)nn1CC(F)F.Cl. The average molecular weight is 399 g/mol. The Bertz CT molecular complexity index is 794. The number of nitrogens with one attached hydrogen (secondary N) is 1. The monoisotopic (exact) mass is 398 g/mol. The first-order valence-electron chi connectivity index (χ1n) is 9.00. The zero-order valence-corrected chi connectivity index (χ0v) is 16.1. The van der Waals surface area contributed by atoms with Gasteiger partial charge in [-0.3, -0.25) is 9.48 Å².